The number of fused-ring (bicyclic) bond motifs is 1. The molecule has 0 fully saturated rings. The fraction of sp³-hybridized carbons (Fsp3) is 0.636. The summed E-state index contributed by atoms with van der Waals surface area (Å²) >= 11 is 0. The number of aromatic nitrogens is 2. The average molecular weight is 222 g/mol. The van der Waals surface area contributed by atoms with Crippen LogP contribution in [0.15, 0.2) is 0 Å². The van der Waals surface area contributed by atoms with Crippen LogP contribution in [0.25, 0.3) is 0 Å². The van der Waals surface area contributed by atoms with Crippen molar-refractivity contribution < 1.29 is 4.79 Å². The smallest absolute Gasteiger partial charge is 0.229 e. The highest BCUT2D eigenvalue weighted by molar-refractivity contribution is 5.97. The first-order chi connectivity index (χ1) is 7.50. The van der Waals surface area contributed by atoms with Crippen LogP contribution in [0.2, 0.25) is 0 Å². The van der Waals surface area contributed by atoms with E-state index in [1.807, 2.05) is 14.0 Å². The van der Waals surface area contributed by atoms with Crippen molar-refractivity contribution in [2.24, 2.45) is 18.9 Å². The van der Waals surface area contributed by atoms with Crippen molar-refractivity contribution in [1.29, 1.82) is 0 Å². The predicted molar refractivity (Wildman–Crippen MR) is 63.4 cm³/mol. The number of hydrogen-bond acceptors (Lipinski definition) is 3. The van der Waals surface area contributed by atoms with Gasteiger partial charge in [-0.15, -0.1) is 0 Å². The number of carbonyl (C=O) groups is 1. The lowest BCUT2D eigenvalue weighted by Gasteiger charge is -2.17. The number of rotatable bonds is 1. The van der Waals surface area contributed by atoms with E-state index in [2.05, 4.69) is 29.6 Å². The van der Waals surface area contributed by atoms with Crippen molar-refractivity contribution in [3.63, 3.8) is 0 Å². The van der Waals surface area contributed by atoms with Crippen molar-refractivity contribution in [2.45, 2.75) is 20.8 Å². The van der Waals surface area contributed by atoms with Gasteiger partial charge in [-0.1, -0.05) is 13.8 Å². The molecule has 0 saturated carbocycles. The Bertz CT molecular complexity index is 422. The van der Waals surface area contributed by atoms with E-state index in [0.29, 0.717) is 12.5 Å². The van der Waals surface area contributed by atoms with Crippen LogP contribution in [0.1, 0.15) is 19.5 Å². The van der Waals surface area contributed by atoms with Crippen LogP contribution >= 0.6 is 0 Å². The monoisotopic (exact) mass is 222 g/mol. The standard InChI is InChI=1S/C11H18N4O/c1-6(2)8-5-12-10-9(13-11(8)16)7(3)14-15(10)4/h6,8,12H,5H2,1-4H3,(H,13,16). The number of anilines is 2. The normalized spacial score (nSPS) is 20.1. The Morgan fingerprint density at radius 3 is 2.81 bits per heavy atom. The minimum Gasteiger partial charge on any atom is -0.368 e. The van der Waals surface area contributed by atoms with Gasteiger partial charge in [-0.05, 0) is 12.8 Å². The Morgan fingerprint density at radius 1 is 1.50 bits per heavy atom. The maximum absolute atomic E-state index is 12.0. The van der Waals surface area contributed by atoms with Gasteiger partial charge >= 0.3 is 0 Å². The van der Waals surface area contributed by atoms with Crippen LogP contribution in [0.5, 0.6) is 0 Å². The second kappa shape index (κ2) is 3.81. The van der Waals surface area contributed by atoms with Crippen molar-refractivity contribution >= 4 is 17.4 Å². The van der Waals surface area contributed by atoms with Gasteiger partial charge in [0.15, 0.2) is 0 Å². The summed E-state index contributed by atoms with van der Waals surface area (Å²) in [6.07, 6.45) is 0. The van der Waals surface area contributed by atoms with Crippen LogP contribution < -0.4 is 10.6 Å². The number of nitrogens with zero attached hydrogens (tertiary/aromatic N) is 2. The van der Waals surface area contributed by atoms with Crippen LogP contribution in [0, 0.1) is 18.8 Å². The van der Waals surface area contributed by atoms with Crippen molar-refractivity contribution in [3.05, 3.63) is 5.69 Å². The highest BCUT2D eigenvalue weighted by Crippen LogP contribution is 2.29. The van der Waals surface area contributed by atoms with E-state index < -0.39 is 0 Å². The summed E-state index contributed by atoms with van der Waals surface area (Å²) in [6, 6.07) is 0. The minimum atomic E-state index is 0.00630. The molecule has 0 bridgehead atoms. The van der Waals surface area contributed by atoms with E-state index in [9.17, 15) is 4.79 Å². The molecule has 2 N–H and O–H groups in total. The third kappa shape index (κ3) is 1.66. The molecule has 2 heterocycles. The predicted octanol–water partition coefficient (Wildman–Crippen LogP) is 1.36. The Kier molecular flexibility index (Phi) is 2.61. The van der Waals surface area contributed by atoms with E-state index in [1.54, 1.807) is 4.68 Å². The molecular weight excluding hydrogens is 204 g/mol. The summed E-state index contributed by atoms with van der Waals surface area (Å²) in [4.78, 5) is 12.0. The Balaban J connectivity index is 2.34. The summed E-state index contributed by atoms with van der Waals surface area (Å²) in [5.41, 5.74) is 1.67. The number of nitrogens with one attached hydrogen (secondary N) is 2. The molecule has 1 unspecified atom stereocenters. The number of hydrogen-bond donors (Lipinski definition) is 2. The Morgan fingerprint density at radius 2 is 2.19 bits per heavy atom. The minimum absolute atomic E-state index is 0.00630. The molecule has 0 aromatic carbocycles. The van der Waals surface area contributed by atoms with Gasteiger partial charge in [0.25, 0.3) is 0 Å². The molecule has 0 saturated heterocycles. The molecule has 5 heteroatoms. The second-order valence-electron chi connectivity index (χ2n) is 4.65. The number of amides is 1. The molecule has 1 amide bonds. The van der Waals surface area contributed by atoms with E-state index in [4.69, 9.17) is 0 Å². The highest BCUT2D eigenvalue weighted by atomic mass is 16.2. The molecule has 0 spiro atoms. The van der Waals surface area contributed by atoms with Gasteiger partial charge in [0, 0.05) is 13.6 Å². The largest absolute Gasteiger partial charge is 0.368 e. The van der Waals surface area contributed by atoms with Gasteiger partial charge in [-0.2, -0.15) is 5.10 Å². The molecule has 1 aromatic rings. The quantitative estimate of drug-likeness (QED) is 0.754. The summed E-state index contributed by atoms with van der Waals surface area (Å²) in [6.45, 7) is 6.69. The molecule has 0 radical (unpaired) electrons. The first-order valence-corrected chi connectivity index (χ1v) is 5.59. The first-order valence-electron chi connectivity index (χ1n) is 5.59. The lowest BCUT2D eigenvalue weighted by molar-refractivity contribution is -0.120. The number of carbonyl (C=O) groups excluding carboxylic acids is 1. The first kappa shape index (κ1) is 11.0. The van der Waals surface area contributed by atoms with Gasteiger partial charge in [0.2, 0.25) is 5.91 Å². The third-order valence-electron chi connectivity index (χ3n) is 3.10. The molecule has 1 atom stereocenters. The van der Waals surface area contributed by atoms with Crippen LogP contribution in [0.4, 0.5) is 11.5 Å². The van der Waals surface area contributed by atoms with Gasteiger partial charge in [-0.3, -0.25) is 9.48 Å². The molecule has 1 aliphatic rings. The molecule has 0 aliphatic carbocycles. The lowest BCUT2D eigenvalue weighted by Crippen LogP contribution is -2.30. The SMILES string of the molecule is Cc1nn(C)c2c1NC(=O)C(C(C)C)CN2. The highest BCUT2D eigenvalue weighted by Gasteiger charge is 2.28. The molecule has 5 nitrogen and oxygen atoms in total. The van der Waals surface area contributed by atoms with Gasteiger partial charge < -0.3 is 10.6 Å². The van der Waals surface area contributed by atoms with Gasteiger partial charge in [0.1, 0.15) is 11.5 Å². The molecule has 1 aromatic heterocycles. The zero-order valence-corrected chi connectivity index (χ0v) is 10.2. The molecular formula is C11H18N4O. The maximum atomic E-state index is 12.0. The Hall–Kier alpha value is -1.52. The summed E-state index contributed by atoms with van der Waals surface area (Å²) in [5.74, 6) is 1.31. The summed E-state index contributed by atoms with van der Waals surface area (Å²) in [7, 11) is 1.88. The van der Waals surface area contributed by atoms with Crippen molar-refractivity contribution in [1.82, 2.24) is 9.78 Å². The zero-order chi connectivity index (χ0) is 11.9. The van der Waals surface area contributed by atoms with Crippen molar-refractivity contribution in [2.75, 3.05) is 17.2 Å². The third-order valence-corrected chi connectivity index (χ3v) is 3.10. The van der Waals surface area contributed by atoms with Crippen molar-refractivity contribution in [3.8, 4) is 0 Å². The molecule has 16 heavy (non-hydrogen) atoms. The lowest BCUT2D eigenvalue weighted by atomic mass is 9.95. The Labute approximate surface area is 95.2 Å². The van der Waals surface area contributed by atoms with Crippen LogP contribution in [-0.4, -0.2) is 22.2 Å². The zero-order valence-electron chi connectivity index (χ0n) is 10.2. The van der Waals surface area contributed by atoms with Gasteiger partial charge in [-0.25, -0.2) is 0 Å². The number of aryl methyl sites for hydroxylation is 2. The molecule has 1 aliphatic heterocycles. The van der Waals surface area contributed by atoms with Crippen LogP contribution in [-0.2, 0) is 11.8 Å². The molecule has 2 rings (SSSR count). The average Bonchev–Trinajstić information content (AvgIpc) is 2.38. The van der Waals surface area contributed by atoms with E-state index in [-0.39, 0.29) is 11.8 Å². The van der Waals surface area contributed by atoms with Gasteiger partial charge in [0.05, 0.1) is 11.6 Å². The van der Waals surface area contributed by atoms with E-state index >= 15 is 0 Å². The van der Waals surface area contributed by atoms with E-state index in [0.717, 1.165) is 17.2 Å². The summed E-state index contributed by atoms with van der Waals surface area (Å²) in [5, 5.41) is 10.5. The maximum Gasteiger partial charge on any atom is 0.229 e. The summed E-state index contributed by atoms with van der Waals surface area (Å²) < 4.78 is 1.77. The topological polar surface area (TPSA) is 59.0 Å². The second-order valence-corrected chi connectivity index (χ2v) is 4.65. The van der Waals surface area contributed by atoms with Crippen LogP contribution in [0.3, 0.4) is 0 Å². The fourth-order valence-corrected chi connectivity index (χ4v) is 2.06. The van der Waals surface area contributed by atoms with E-state index in [1.165, 1.54) is 0 Å². The fourth-order valence-electron chi connectivity index (χ4n) is 2.06. The molecule has 88 valence electrons.